The molecule has 0 fully saturated rings. The Hall–Kier alpha value is -3.12. The number of aryl methyl sites for hydroxylation is 1. The summed E-state index contributed by atoms with van der Waals surface area (Å²) < 4.78 is 2.35. The Morgan fingerprint density at radius 3 is 2.40 bits per heavy atom. The van der Waals surface area contributed by atoms with Crippen molar-refractivity contribution in [2.24, 2.45) is 0 Å². The molecule has 3 rings (SSSR count). The van der Waals surface area contributed by atoms with E-state index < -0.39 is 11.2 Å². The second kappa shape index (κ2) is 10.1. The molecule has 0 aliphatic heterocycles. The van der Waals surface area contributed by atoms with Gasteiger partial charge in [-0.05, 0) is 43.0 Å². The van der Waals surface area contributed by atoms with Gasteiger partial charge in [-0.2, -0.15) is 0 Å². The van der Waals surface area contributed by atoms with E-state index in [9.17, 15) is 14.4 Å². The summed E-state index contributed by atoms with van der Waals surface area (Å²) in [5, 5.41) is 3.47. The number of nitrogens with one attached hydrogen (secondary N) is 1. The molecule has 156 valence electrons. The molecule has 0 unspecified atom stereocenters. The van der Waals surface area contributed by atoms with E-state index in [2.05, 4.69) is 5.32 Å². The summed E-state index contributed by atoms with van der Waals surface area (Å²) in [5.41, 5.74) is 1.04. The quantitative estimate of drug-likeness (QED) is 0.603. The van der Waals surface area contributed by atoms with Crippen LogP contribution in [-0.4, -0.2) is 21.1 Å². The second-order valence-electron chi connectivity index (χ2n) is 7.27. The lowest BCUT2D eigenvalue weighted by Gasteiger charge is -2.15. The van der Waals surface area contributed by atoms with Crippen molar-refractivity contribution in [1.29, 1.82) is 0 Å². The van der Waals surface area contributed by atoms with Gasteiger partial charge in [-0.15, -0.1) is 0 Å². The molecule has 0 aliphatic rings. The molecule has 1 N–H and O–H groups in total. The topological polar surface area (TPSA) is 73.1 Å². The summed E-state index contributed by atoms with van der Waals surface area (Å²) in [5.74, 6) is -0.362. The van der Waals surface area contributed by atoms with Gasteiger partial charge in [0.05, 0.1) is 6.54 Å². The molecule has 1 aromatic heterocycles. The first-order valence-corrected chi connectivity index (χ1v) is 10.2. The Bertz CT molecular complexity index is 1110. The highest BCUT2D eigenvalue weighted by atomic mass is 35.5. The molecule has 0 saturated carbocycles. The summed E-state index contributed by atoms with van der Waals surface area (Å²) in [6.07, 6.45) is 3.04. The molecule has 6 nitrogen and oxygen atoms in total. The Balaban J connectivity index is 1.63. The van der Waals surface area contributed by atoms with Gasteiger partial charge < -0.3 is 5.32 Å². The molecule has 0 saturated heterocycles. The smallest absolute Gasteiger partial charge is 0.331 e. The fourth-order valence-electron chi connectivity index (χ4n) is 3.17. The van der Waals surface area contributed by atoms with Crippen LogP contribution in [0.2, 0.25) is 5.02 Å². The maximum absolute atomic E-state index is 12.7. The van der Waals surface area contributed by atoms with Gasteiger partial charge in [0.25, 0.3) is 5.56 Å². The third-order valence-corrected chi connectivity index (χ3v) is 5.08. The van der Waals surface area contributed by atoms with Crippen molar-refractivity contribution in [1.82, 2.24) is 14.5 Å². The van der Waals surface area contributed by atoms with Crippen molar-refractivity contribution in [3.05, 3.63) is 104 Å². The van der Waals surface area contributed by atoms with Crippen LogP contribution >= 0.6 is 11.6 Å². The average Bonchev–Trinajstić information content (AvgIpc) is 2.74. The SMILES string of the molecule is C[C@@H](CCc1ccccc1)NC(=O)Cn1c(=O)ccn(Cc2ccc(Cl)cc2)c1=O. The maximum atomic E-state index is 12.7. The van der Waals surface area contributed by atoms with E-state index in [4.69, 9.17) is 11.6 Å². The number of halogens is 1. The van der Waals surface area contributed by atoms with Gasteiger partial charge in [-0.3, -0.25) is 18.7 Å². The molecule has 0 radical (unpaired) electrons. The van der Waals surface area contributed by atoms with E-state index in [1.807, 2.05) is 49.4 Å². The van der Waals surface area contributed by atoms with E-state index in [-0.39, 0.29) is 25.0 Å². The summed E-state index contributed by atoms with van der Waals surface area (Å²) in [6.45, 7) is 1.88. The number of aromatic nitrogens is 2. The van der Waals surface area contributed by atoms with E-state index in [1.54, 1.807) is 12.1 Å². The van der Waals surface area contributed by atoms with Gasteiger partial charge in [0, 0.05) is 23.3 Å². The van der Waals surface area contributed by atoms with Gasteiger partial charge in [-0.1, -0.05) is 54.1 Å². The van der Waals surface area contributed by atoms with E-state index in [1.165, 1.54) is 22.4 Å². The van der Waals surface area contributed by atoms with Gasteiger partial charge >= 0.3 is 5.69 Å². The normalized spacial score (nSPS) is 11.8. The van der Waals surface area contributed by atoms with E-state index >= 15 is 0 Å². The molecular weight excluding hydrogens is 402 g/mol. The number of amides is 1. The maximum Gasteiger partial charge on any atom is 0.331 e. The van der Waals surface area contributed by atoms with Gasteiger partial charge in [0.15, 0.2) is 0 Å². The molecule has 1 amide bonds. The van der Waals surface area contributed by atoms with Crippen LogP contribution in [0.3, 0.4) is 0 Å². The fraction of sp³-hybridized carbons (Fsp3) is 0.261. The number of hydrogen-bond acceptors (Lipinski definition) is 3. The van der Waals surface area contributed by atoms with Crippen LogP contribution in [0.5, 0.6) is 0 Å². The fourth-order valence-corrected chi connectivity index (χ4v) is 3.30. The first-order valence-electron chi connectivity index (χ1n) is 9.80. The highest BCUT2D eigenvalue weighted by Crippen LogP contribution is 2.10. The van der Waals surface area contributed by atoms with Crippen molar-refractivity contribution in [3.8, 4) is 0 Å². The Labute approximate surface area is 179 Å². The predicted octanol–water partition coefficient (Wildman–Crippen LogP) is 2.85. The number of rotatable bonds is 8. The highest BCUT2D eigenvalue weighted by molar-refractivity contribution is 6.30. The Kier molecular flexibility index (Phi) is 7.25. The lowest BCUT2D eigenvalue weighted by molar-refractivity contribution is -0.122. The third-order valence-electron chi connectivity index (χ3n) is 4.82. The van der Waals surface area contributed by atoms with Gasteiger partial charge in [0.1, 0.15) is 6.54 Å². The predicted molar refractivity (Wildman–Crippen MR) is 118 cm³/mol. The van der Waals surface area contributed by atoms with Crippen LogP contribution in [0.4, 0.5) is 0 Å². The minimum Gasteiger partial charge on any atom is -0.352 e. The molecule has 2 aromatic carbocycles. The lowest BCUT2D eigenvalue weighted by atomic mass is 10.1. The summed E-state index contributed by atoms with van der Waals surface area (Å²) in [6, 6.07) is 18.3. The zero-order valence-corrected chi connectivity index (χ0v) is 17.5. The molecular formula is C23H24ClN3O3. The first-order chi connectivity index (χ1) is 14.4. The molecule has 0 aliphatic carbocycles. The van der Waals surface area contributed by atoms with Crippen molar-refractivity contribution in [2.75, 3.05) is 0 Å². The summed E-state index contributed by atoms with van der Waals surface area (Å²) in [4.78, 5) is 37.3. The Morgan fingerprint density at radius 2 is 1.70 bits per heavy atom. The van der Waals surface area contributed by atoms with Gasteiger partial charge in [0.2, 0.25) is 5.91 Å². The Morgan fingerprint density at radius 1 is 1.00 bits per heavy atom. The van der Waals surface area contributed by atoms with Crippen molar-refractivity contribution in [2.45, 2.75) is 38.9 Å². The number of carbonyl (C=O) groups is 1. The molecule has 7 heteroatoms. The van der Waals surface area contributed by atoms with Crippen molar-refractivity contribution >= 4 is 17.5 Å². The standard InChI is InChI=1S/C23H24ClN3O3/c1-17(7-8-18-5-3-2-4-6-18)25-21(28)16-27-22(29)13-14-26(23(27)30)15-19-9-11-20(24)12-10-19/h2-6,9-14,17H,7-8,15-16H2,1H3,(H,25,28)/t17-/m0/s1. The minimum atomic E-state index is -0.524. The van der Waals surface area contributed by atoms with Crippen molar-refractivity contribution < 1.29 is 4.79 Å². The molecule has 30 heavy (non-hydrogen) atoms. The zero-order chi connectivity index (χ0) is 21.5. The molecule has 0 spiro atoms. The largest absolute Gasteiger partial charge is 0.352 e. The lowest BCUT2D eigenvalue weighted by Crippen LogP contribution is -2.44. The first kappa shape index (κ1) is 21.6. The molecule has 1 heterocycles. The molecule has 3 aromatic rings. The number of hydrogen-bond donors (Lipinski definition) is 1. The van der Waals surface area contributed by atoms with Crippen LogP contribution in [0, 0.1) is 0 Å². The van der Waals surface area contributed by atoms with E-state index in [0.717, 1.165) is 23.0 Å². The van der Waals surface area contributed by atoms with Gasteiger partial charge in [-0.25, -0.2) is 4.79 Å². The average molecular weight is 426 g/mol. The van der Waals surface area contributed by atoms with Crippen LogP contribution in [-0.2, 0) is 24.3 Å². The highest BCUT2D eigenvalue weighted by Gasteiger charge is 2.13. The summed E-state index contributed by atoms with van der Waals surface area (Å²) >= 11 is 5.89. The monoisotopic (exact) mass is 425 g/mol. The number of carbonyl (C=O) groups excluding carboxylic acids is 1. The zero-order valence-electron chi connectivity index (χ0n) is 16.8. The second-order valence-corrected chi connectivity index (χ2v) is 7.71. The molecule has 1 atom stereocenters. The third kappa shape index (κ3) is 5.94. The number of benzene rings is 2. The van der Waals surface area contributed by atoms with E-state index in [0.29, 0.717) is 5.02 Å². The minimum absolute atomic E-state index is 0.0755. The van der Waals surface area contributed by atoms with Crippen LogP contribution in [0.15, 0.2) is 76.4 Å². The van der Waals surface area contributed by atoms with Crippen LogP contribution < -0.4 is 16.6 Å². The van der Waals surface area contributed by atoms with Crippen molar-refractivity contribution in [3.63, 3.8) is 0 Å². The van der Waals surface area contributed by atoms with Crippen LogP contribution in [0.25, 0.3) is 0 Å². The van der Waals surface area contributed by atoms with Crippen LogP contribution in [0.1, 0.15) is 24.5 Å². The summed E-state index contributed by atoms with van der Waals surface area (Å²) in [7, 11) is 0. The molecule has 0 bridgehead atoms. The number of nitrogens with zero attached hydrogens (tertiary/aromatic N) is 2.